The van der Waals surface area contributed by atoms with Crippen LogP contribution in [0.4, 0.5) is 11.9 Å². The number of rotatable bonds is 7. The number of halogens is 1. The number of aliphatic hydroxyl groups excluding tert-OH is 1. The number of aromatic nitrogens is 3. The molecular formula is C12H20ClN5O3. The summed E-state index contributed by atoms with van der Waals surface area (Å²) in [6, 6.07) is -0.0870. The standard InChI is InChI=1S/C12H20ClN5O3/c1-20-8-9(2-5-19)14-11-15-10(13)16-12(17-11)18-3-6-21-7-4-18/h9,19H,2-8H2,1H3,(H,14,15,16,17). The van der Waals surface area contributed by atoms with Gasteiger partial charge in [0.25, 0.3) is 0 Å². The zero-order chi connectivity index (χ0) is 15.1. The summed E-state index contributed by atoms with van der Waals surface area (Å²) in [5, 5.41) is 12.3. The second-order valence-corrected chi connectivity index (χ2v) is 4.97. The maximum absolute atomic E-state index is 9.06. The van der Waals surface area contributed by atoms with E-state index < -0.39 is 0 Å². The number of hydrogen-bond donors (Lipinski definition) is 2. The van der Waals surface area contributed by atoms with E-state index in [-0.39, 0.29) is 17.9 Å². The minimum atomic E-state index is -0.0870. The number of methoxy groups -OCH3 is 1. The SMILES string of the molecule is COCC(CCO)Nc1nc(Cl)nc(N2CCOCC2)n1. The molecule has 0 spiro atoms. The highest BCUT2D eigenvalue weighted by atomic mass is 35.5. The van der Waals surface area contributed by atoms with Crippen molar-refractivity contribution in [1.29, 1.82) is 0 Å². The van der Waals surface area contributed by atoms with Crippen molar-refractivity contribution in [2.24, 2.45) is 0 Å². The van der Waals surface area contributed by atoms with Crippen LogP contribution in [0.3, 0.4) is 0 Å². The van der Waals surface area contributed by atoms with Gasteiger partial charge in [0.05, 0.1) is 25.9 Å². The Bertz CT molecular complexity index is 439. The Morgan fingerprint density at radius 3 is 2.81 bits per heavy atom. The van der Waals surface area contributed by atoms with Crippen LogP contribution in [0.5, 0.6) is 0 Å². The Hall–Kier alpha value is -1.22. The van der Waals surface area contributed by atoms with Crippen molar-refractivity contribution in [3.8, 4) is 0 Å². The second kappa shape index (κ2) is 8.28. The van der Waals surface area contributed by atoms with Gasteiger partial charge in [-0.1, -0.05) is 0 Å². The van der Waals surface area contributed by atoms with Crippen LogP contribution < -0.4 is 10.2 Å². The summed E-state index contributed by atoms with van der Waals surface area (Å²) in [5.41, 5.74) is 0. The van der Waals surface area contributed by atoms with E-state index in [0.717, 1.165) is 13.1 Å². The van der Waals surface area contributed by atoms with Crippen molar-refractivity contribution in [3.63, 3.8) is 0 Å². The summed E-state index contributed by atoms with van der Waals surface area (Å²) < 4.78 is 10.4. The van der Waals surface area contributed by atoms with Crippen molar-refractivity contribution in [1.82, 2.24) is 15.0 Å². The number of hydrogen-bond acceptors (Lipinski definition) is 8. The molecule has 0 amide bonds. The molecule has 1 saturated heterocycles. The molecule has 1 atom stereocenters. The van der Waals surface area contributed by atoms with Crippen molar-refractivity contribution >= 4 is 23.5 Å². The van der Waals surface area contributed by atoms with Crippen LogP contribution in [0.15, 0.2) is 0 Å². The van der Waals surface area contributed by atoms with Crippen LogP contribution in [-0.2, 0) is 9.47 Å². The molecule has 8 nitrogen and oxygen atoms in total. The zero-order valence-electron chi connectivity index (χ0n) is 12.0. The Balaban J connectivity index is 2.09. The molecule has 2 N–H and O–H groups in total. The Kier molecular flexibility index (Phi) is 6.37. The average Bonchev–Trinajstić information content (AvgIpc) is 2.48. The quantitative estimate of drug-likeness (QED) is 0.735. The van der Waals surface area contributed by atoms with Gasteiger partial charge in [-0.3, -0.25) is 0 Å². The molecule has 1 aromatic heterocycles. The van der Waals surface area contributed by atoms with E-state index >= 15 is 0 Å². The van der Waals surface area contributed by atoms with E-state index in [2.05, 4.69) is 20.3 Å². The van der Waals surface area contributed by atoms with E-state index in [1.54, 1.807) is 7.11 Å². The van der Waals surface area contributed by atoms with Crippen molar-refractivity contribution in [3.05, 3.63) is 5.28 Å². The summed E-state index contributed by atoms with van der Waals surface area (Å²) in [7, 11) is 1.60. The molecule has 1 aliphatic rings. The molecule has 0 aromatic carbocycles. The summed E-state index contributed by atoms with van der Waals surface area (Å²) >= 11 is 5.97. The minimum Gasteiger partial charge on any atom is -0.396 e. The predicted octanol–water partition coefficient (Wildman–Crippen LogP) is 0.171. The number of anilines is 2. The van der Waals surface area contributed by atoms with Crippen LogP contribution in [0.25, 0.3) is 0 Å². The van der Waals surface area contributed by atoms with Crippen LogP contribution >= 0.6 is 11.6 Å². The lowest BCUT2D eigenvalue weighted by molar-refractivity contribution is 0.122. The highest BCUT2D eigenvalue weighted by Crippen LogP contribution is 2.16. The Morgan fingerprint density at radius 1 is 1.38 bits per heavy atom. The fourth-order valence-corrected chi connectivity index (χ4v) is 2.20. The smallest absolute Gasteiger partial charge is 0.231 e. The van der Waals surface area contributed by atoms with Gasteiger partial charge in [-0.2, -0.15) is 15.0 Å². The summed E-state index contributed by atoms with van der Waals surface area (Å²) in [5.74, 6) is 0.910. The molecule has 0 aliphatic carbocycles. The fourth-order valence-electron chi connectivity index (χ4n) is 2.05. The maximum Gasteiger partial charge on any atom is 0.231 e. The highest BCUT2D eigenvalue weighted by molar-refractivity contribution is 6.28. The van der Waals surface area contributed by atoms with Gasteiger partial charge in [0.1, 0.15) is 0 Å². The molecule has 9 heteroatoms. The molecule has 118 valence electrons. The molecule has 0 radical (unpaired) electrons. The van der Waals surface area contributed by atoms with Crippen LogP contribution in [0.2, 0.25) is 5.28 Å². The summed E-state index contributed by atoms with van der Waals surface area (Å²) in [4.78, 5) is 14.6. The zero-order valence-corrected chi connectivity index (χ0v) is 12.7. The summed E-state index contributed by atoms with van der Waals surface area (Å²) in [6.07, 6.45) is 0.532. The number of morpholine rings is 1. The molecule has 0 bridgehead atoms. The third kappa shape index (κ3) is 4.92. The third-order valence-corrected chi connectivity index (χ3v) is 3.24. The molecule has 1 aliphatic heterocycles. The van der Waals surface area contributed by atoms with Crippen LogP contribution in [0, 0.1) is 0 Å². The summed E-state index contributed by atoms with van der Waals surface area (Å²) in [6.45, 7) is 3.22. The largest absolute Gasteiger partial charge is 0.396 e. The number of nitrogens with one attached hydrogen (secondary N) is 1. The molecule has 1 unspecified atom stereocenters. The van der Waals surface area contributed by atoms with Crippen molar-refractivity contribution < 1.29 is 14.6 Å². The first-order valence-electron chi connectivity index (χ1n) is 6.83. The van der Waals surface area contributed by atoms with Crippen LogP contribution in [0.1, 0.15) is 6.42 Å². The second-order valence-electron chi connectivity index (χ2n) is 4.64. The monoisotopic (exact) mass is 317 g/mol. The van der Waals surface area contributed by atoms with Crippen molar-refractivity contribution in [2.45, 2.75) is 12.5 Å². The van der Waals surface area contributed by atoms with Gasteiger partial charge in [-0.25, -0.2) is 0 Å². The minimum absolute atomic E-state index is 0.0517. The molecular weight excluding hydrogens is 298 g/mol. The first-order chi connectivity index (χ1) is 10.2. The topological polar surface area (TPSA) is 92.6 Å². The molecule has 0 saturated carbocycles. The number of nitrogens with zero attached hydrogens (tertiary/aromatic N) is 4. The predicted molar refractivity (Wildman–Crippen MR) is 78.9 cm³/mol. The van der Waals surface area contributed by atoms with Gasteiger partial charge in [0.15, 0.2) is 0 Å². The molecule has 2 rings (SSSR count). The van der Waals surface area contributed by atoms with E-state index in [4.69, 9.17) is 26.2 Å². The van der Waals surface area contributed by atoms with Gasteiger partial charge in [0.2, 0.25) is 17.2 Å². The third-order valence-electron chi connectivity index (χ3n) is 3.07. The maximum atomic E-state index is 9.06. The number of aliphatic hydroxyl groups is 1. The average molecular weight is 318 g/mol. The van der Waals surface area contributed by atoms with Crippen molar-refractivity contribution in [2.75, 3.05) is 56.8 Å². The lowest BCUT2D eigenvalue weighted by atomic mass is 10.2. The molecule has 2 heterocycles. The highest BCUT2D eigenvalue weighted by Gasteiger charge is 2.17. The number of ether oxygens (including phenoxy) is 2. The fraction of sp³-hybridized carbons (Fsp3) is 0.750. The molecule has 1 fully saturated rings. The van der Waals surface area contributed by atoms with E-state index in [0.29, 0.717) is 38.1 Å². The van der Waals surface area contributed by atoms with Gasteiger partial charge < -0.3 is 24.8 Å². The Labute approximate surface area is 128 Å². The molecule has 1 aromatic rings. The lowest BCUT2D eigenvalue weighted by Gasteiger charge is -2.27. The van der Waals surface area contributed by atoms with E-state index in [1.807, 2.05) is 4.90 Å². The van der Waals surface area contributed by atoms with Crippen LogP contribution in [-0.4, -0.2) is 72.7 Å². The van der Waals surface area contributed by atoms with Gasteiger partial charge in [-0.15, -0.1) is 0 Å². The molecule has 21 heavy (non-hydrogen) atoms. The van der Waals surface area contributed by atoms with Gasteiger partial charge in [0, 0.05) is 26.8 Å². The van der Waals surface area contributed by atoms with Gasteiger partial charge in [-0.05, 0) is 18.0 Å². The lowest BCUT2D eigenvalue weighted by Crippen LogP contribution is -2.37. The first kappa shape index (κ1) is 16.2. The Morgan fingerprint density at radius 2 is 2.14 bits per heavy atom. The van der Waals surface area contributed by atoms with E-state index in [9.17, 15) is 0 Å². The van der Waals surface area contributed by atoms with Gasteiger partial charge >= 0.3 is 0 Å². The normalized spacial score (nSPS) is 16.8. The first-order valence-corrected chi connectivity index (χ1v) is 7.21. The van der Waals surface area contributed by atoms with E-state index in [1.165, 1.54) is 0 Å².